The minimum atomic E-state index is 0.648. The normalized spacial score (nSPS) is 11.0. The summed E-state index contributed by atoms with van der Waals surface area (Å²) < 4.78 is 1.67. The van der Waals surface area contributed by atoms with Crippen LogP contribution in [0.2, 0.25) is 0 Å². The standard InChI is InChI=1S/C8H14N6/c1-3-12(4-2)14-8-7(9)5-10-13(8)6-11-14/h5-6H,3-4,9H2,1-2H3. The summed E-state index contributed by atoms with van der Waals surface area (Å²) in [4.78, 5) is 1.79. The Morgan fingerprint density at radius 1 is 1.36 bits per heavy atom. The molecule has 6 heteroatoms. The van der Waals surface area contributed by atoms with Crippen LogP contribution in [0.4, 0.5) is 5.69 Å². The second kappa shape index (κ2) is 3.21. The molecule has 76 valence electrons. The second-order valence-corrected chi connectivity index (χ2v) is 3.03. The first-order valence-electron chi connectivity index (χ1n) is 4.70. The van der Waals surface area contributed by atoms with Gasteiger partial charge in [-0.25, -0.2) is 0 Å². The molecular weight excluding hydrogens is 180 g/mol. The van der Waals surface area contributed by atoms with Gasteiger partial charge in [0.2, 0.25) is 0 Å². The van der Waals surface area contributed by atoms with Crippen molar-refractivity contribution < 1.29 is 0 Å². The number of nitrogen functional groups attached to an aromatic ring is 1. The highest BCUT2D eigenvalue weighted by molar-refractivity contribution is 5.63. The van der Waals surface area contributed by atoms with Crippen LogP contribution in [-0.2, 0) is 0 Å². The van der Waals surface area contributed by atoms with Crippen LogP contribution in [0, 0.1) is 0 Å². The van der Waals surface area contributed by atoms with Crippen LogP contribution >= 0.6 is 0 Å². The first kappa shape index (κ1) is 8.86. The highest BCUT2D eigenvalue weighted by atomic mass is 15.7. The molecule has 0 atom stereocenters. The van der Waals surface area contributed by atoms with E-state index >= 15 is 0 Å². The van der Waals surface area contributed by atoms with E-state index < -0.39 is 0 Å². The molecule has 0 aliphatic carbocycles. The molecule has 0 aromatic carbocycles. The van der Waals surface area contributed by atoms with Crippen molar-refractivity contribution in [2.24, 2.45) is 0 Å². The zero-order chi connectivity index (χ0) is 10.1. The first-order valence-corrected chi connectivity index (χ1v) is 4.70. The van der Waals surface area contributed by atoms with Crippen molar-refractivity contribution >= 4 is 11.3 Å². The first-order chi connectivity index (χ1) is 6.77. The second-order valence-electron chi connectivity index (χ2n) is 3.03. The molecule has 2 N–H and O–H groups in total. The number of aromatic nitrogens is 4. The molecule has 0 saturated heterocycles. The number of nitrogens with two attached hydrogens (primary N) is 1. The third-order valence-corrected chi connectivity index (χ3v) is 2.25. The Bertz CT molecular complexity index is 424. The number of anilines is 1. The number of hydrogen-bond donors (Lipinski definition) is 1. The lowest BCUT2D eigenvalue weighted by Crippen LogP contribution is -2.35. The van der Waals surface area contributed by atoms with Crippen molar-refractivity contribution in [2.75, 3.05) is 23.8 Å². The predicted molar refractivity (Wildman–Crippen MR) is 54.7 cm³/mol. The average Bonchev–Trinajstić information content (AvgIpc) is 2.74. The Kier molecular flexibility index (Phi) is 2.03. The largest absolute Gasteiger partial charge is 0.394 e. The molecule has 0 fully saturated rings. The minimum absolute atomic E-state index is 0.648. The fourth-order valence-electron chi connectivity index (χ4n) is 1.51. The van der Waals surface area contributed by atoms with Gasteiger partial charge in [-0.1, -0.05) is 0 Å². The molecule has 2 heterocycles. The number of hydrogen-bond acceptors (Lipinski definition) is 4. The Morgan fingerprint density at radius 2 is 2.07 bits per heavy atom. The SMILES string of the molecule is CCN(CC)n1ncn2ncc(N)c12. The van der Waals surface area contributed by atoms with Crippen LogP contribution < -0.4 is 10.7 Å². The Morgan fingerprint density at radius 3 is 2.71 bits per heavy atom. The van der Waals surface area contributed by atoms with Crippen LogP contribution in [0.15, 0.2) is 12.5 Å². The molecule has 14 heavy (non-hydrogen) atoms. The molecular formula is C8H14N6. The van der Waals surface area contributed by atoms with E-state index in [-0.39, 0.29) is 0 Å². The average molecular weight is 194 g/mol. The van der Waals surface area contributed by atoms with E-state index in [2.05, 4.69) is 29.1 Å². The van der Waals surface area contributed by atoms with Crippen molar-refractivity contribution in [3.63, 3.8) is 0 Å². The fourth-order valence-corrected chi connectivity index (χ4v) is 1.51. The lowest BCUT2D eigenvalue weighted by atomic mass is 10.5. The van der Waals surface area contributed by atoms with E-state index in [0.717, 1.165) is 18.7 Å². The Balaban J connectivity index is 2.55. The molecule has 0 amide bonds. The molecule has 0 radical (unpaired) electrons. The predicted octanol–water partition coefficient (Wildman–Crippen LogP) is 0.0908. The minimum Gasteiger partial charge on any atom is -0.394 e. The van der Waals surface area contributed by atoms with Gasteiger partial charge in [0.25, 0.3) is 0 Å². The van der Waals surface area contributed by atoms with Crippen LogP contribution in [0.5, 0.6) is 0 Å². The van der Waals surface area contributed by atoms with E-state index in [1.165, 1.54) is 0 Å². The molecule has 2 rings (SSSR count). The molecule has 6 nitrogen and oxygen atoms in total. The summed E-state index contributed by atoms with van der Waals surface area (Å²) in [6.07, 6.45) is 3.29. The van der Waals surface area contributed by atoms with E-state index in [4.69, 9.17) is 5.73 Å². The summed E-state index contributed by atoms with van der Waals surface area (Å²) in [5.74, 6) is 0. The van der Waals surface area contributed by atoms with Gasteiger partial charge in [0.15, 0.2) is 5.65 Å². The van der Waals surface area contributed by atoms with Gasteiger partial charge in [0.1, 0.15) is 6.33 Å². The van der Waals surface area contributed by atoms with Crippen molar-refractivity contribution in [2.45, 2.75) is 13.8 Å². The molecule has 0 spiro atoms. The van der Waals surface area contributed by atoms with Gasteiger partial charge in [0, 0.05) is 13.1 Å². The summed E-state index contributed by atoms with van der Waals surface area (Å²) >= 11 is 0. The maximum Gasteiger partial charge on any atom is 0.199 e. The maximum absolute atomic E-state index is 5.80. The third kappa shape index (κ3) is 1.11. The lowest BCUT2D eigenvalue weighted by Gasteiger charge is -2.20. The van der Waals surface area contributed by atoms with Crippen LogP contribution in [0.1, 0.15) is 13.8 Å². The van der Waals surface area contributed by atoms with E-state index in [1.807, 2.05) is 0 Å². The molecule has 0 aliphatic heterocycles. The van der Waals surface area contributed by atoms with Crippen molar-refractivity contribution in [3.8, 4) is 0 Å². The lowest BCUT2D eigenvalue weighted by molar-refractivity contribution is 0.574. The van der Waals surface area contributed by atoms with Gasteiger partial charge in [-0.2, -0.15) is 14.4 Å². The summed E-state index contributed by atoms with van der Waals surface area (Å²) in [6.45, 7) is 5.93. The Labute approximate surface area is 81.9 Å². The summed E-state index contributed by atoms with van der Waals surface area (Å²) in [5.41, 5.74) is 7.27. The van der Waals surface area contributed by atoms with Gasteiger partial charge in [0.05, 0.1) is 11.9 Å². The highest BCUT2D eigenvalue weighted by Crippen LogP contribution is 2.11. The smallest absolute Gasteiger partial charge is 0.199 e. The molecule has 2 aromatic rings. The van der Waals surface area contributed by atoms with Crippen LogP contribution in [-0.4, -0.2) is 32.6 Å². The quantitative estimate of drug-likeness (QED) is 0.752. The number of fused-ring (bicyclic) bond motifs is 1. The van der Waals surface area contributed by atoms with Crippen molar-refractivity contribution in [1.29, 1.82) is 0 Å². The highest BCUT2D eigenvalue weighted by Gasteiger charge is 2.11. The zero-order valence-corrected chi connectivity index (χ0v) is 8.38. The van der Waals surface area contributed by atoms with Gasteiger partial charge in [-0.05, 0) is 13.8 Å². The topological polar surface area (TPSA) is 64.4 Å². The summed E-state index contributed by atoms with van der Waals surface area (Å²) in [5, 5.41) is 10.4. The molecule has 0 saturated carbocycles. The zero-order valence-electron chi connectivity index (χ0n) is 8.38. The van der Waals surface area contributed by atoms with Crippen LogP contribution in [0.25, 0.3) is 5.65 Å². The number of rotatable bonds is 3. The third-order valence-electron chi connectivity index (χ3n) is 2.25. The van der Waals surface area contributed by atoms with E-state index in [1.54, 1.807) is 21.8 Å². The van der Waals surface area contributed by atoms with Gasteiger partial charge in [-0.15, -0.1) is 5.10 Å². The van der Waals surface area contributed by atoms with E-state index in [9.17, 15) is 0 Å². The monoisotopic (exact) mass is 194 g/mol. The molecule has 0 unspecified atom stereocenters. The molecule has 0 aliphatic rings. The van der Waals surface area contributed by atoms with Gasteiger partial charge in [-0.3, -0.25) is 5.01 Å². The molecule has 2 aromatic heterocycles. The number of nitrogens with zero attached hydrogens (tertiary/aromatic N) is 5. The van der Waals surface area contributed by atoms with Gasteiger partial charge < -0.3 is 5.73 Å². The fraction of sp³-hybridized carbons (Fsp3) is 0.500. The summed E-state index contributed by atoms with van der Waals surface area (Å²) in [6, 6.07) is 0. The summed E-state index contributed by atoms with van der Waals surface area (Å²) in [7, 11) is 0. The maximum atomic E-state index is 5.80. The van der Waals surface area contributed by atoms with E-state index in [0.29, 0.717) is 5.69 Å². The van der Waals surface area contributed by atoms with Crippen molar-refractivity contribution in [1.82, 2.24) is 19.5 Å². The molecule has 0 bridgehead atoms. The van der Waals surface area contributed by atoms with Crippen molar-refractivity contribution in [3.05, 3.63) is 12.5 Å². The van der Waals surface area contributed by atoms with Gasteiger partial charge >= 0.3 is 0 Å². The van der Waals surface area contributed by atoms with Crippen LogP contribution in [0.3, 0.4) is 0 Å². The Hall–Kier alpha value is -1.72.